The summed E-state index contributed by atoms with van der Waals surface area (Å²) >= 11 is 0. The number of ether oxygens (including phenoxy) is 1. The molecule has 0 spiro atoms. The fraction of sp³-hybridized carbons (Fsp3) is 0.647. The molecule has 0 saturated heterocycles. The van der Waals surface area contributed by atoms with E-state index in [0.29, 0.717) is 6.61 Å². The van der Waals surface area contributed by atoms with Crippen LogP contribution in [-0.2, 0) is 0 Å². The summed E-state index contributed by atoms with van der Waals surface area (Å²) in [6.07, 6.45) is 2.92. The molecule has 0 fully saturated rings. The summed E-state index contributed by atoms with van der Waals surface area (Å²) in [6, 6.07) is 6.26. The van der Waals surface area contributed by atoms with E-state index in [1.54, 1.807) is 0 Å². The lowest BCUT2D eigenvalue weighted by Crippen LogP contribution is -2.46. The highest BCUT2D eigenvalue weighted by atomic mass is 16.5. The van der Waals surface area contributed by atoms with E-state index in [1.165, 1.54) is 11.1 Å². The number of benzene rings is 1. The summed E-state index contributed by atoms with van der Waals surface area (Å²) in [5.41, 5.74) is 2.20. The van der Waals surface area contributed by atoms with Gasteiger partial charge in [-0.1, -0.05) is 19.1 Å². The lowest BCUT2D eigenvalue weighted by Gasteiger charge is -2.28. The molecule has 0 aromatic heterocycles. The van der Waals surface area contributed by atoms with E-state index in [1.807, 2.05) is 0 Å². The largest absolute Gasteiger partial charge is 0.493 e. The number of rotatable bonds is 9. The average molecular weight is 279 g/mol. The number of hydrogen-bond donors (Lipinski definition) is 2. The fourth-order valence-electron chi connectivity index (χ4n) is 2.16. The Morgan fingerprint density at radius 2 is 2.05 bits per heavy atom. The standard InChI is InChI=1S/C17H29NO2/c1-5-10-18-17(4,13-19)9-6-11-20-16-12-14(2)7-8-15(16)3/h7-8,12,18-19H,5-6,9-11,13H2,1-4H3. The molecule has 0 bridgehead atoms. The molecule has 1 aromatic carbocycles. The molecule has 3 nitrogen and oxygen atoms in total. The Hall–Kier alpha value is -1.06. The van der Waals surface area contributed by atoms with Crippen LogP contribution in [0.5, 0.6) is 5.75 Å². The van der Waals surface area contributed by atoms with Crippen LogP contribution in [0, 0.1) is 13.8 Å². The molecule has 1 unspecified atom stereocenters. The number of aliphatic hydroxyl groups excluding tert-OH is 1. The van der Waals surface area contributed by atoms with Crippen molar-refractivity contribution in [3.05, 3.63) is 29.3 Å². The van der Waals surface area contributed by atoms with Gasteiger partial charge in [-0.2, -0.15) is 0 Å². The van der Waals surface area contributed by atoms with Crippen molar-refractivity contribution in [1.82, 2.24) is 5.32 Å². The minimum atomic E-state index is -0.193. The summed E-state index contributed by atoms with van der Waals surface area (Å²) < 4.78 is 5.85. The van der Waals surface area contributed by atoms with E-state index < -0.39 is 0 Å². The molecular formula is C17H29NO2. The second kappa shape index (κ2) is 8.28. The Balaban J connectivity index is 2.38. The molecule has 0 amide bonds. The van der Waals surface area contributed by atoms with Crippen LogP contribution in [-0.4, -0.2) is 30.4 Å². The zero-order chi connectivity index (χ0) is 15.0. The molecule has 1 atom stereocenters. The Kier molecular flexibility index (Phi) is 7.03. The molecule has 1 aromatic rings. The van der Waals surface area contributed by atoms with Crippen LogP contribution < -0.4 is 10.1 Å². The molecular weight excluding hydrogens is 250 g/mol. The molecule has 1 rings (SSSR count). The Morgan fingerprint density at radius 1 is 1.30 bits per heavy atom. The van der Waals surface area contributed by atoms with Gasteiger partial charge < -0.3 is 15.2 Å². The van der Waals surface area contributed by atoms with Gasteiger partial charge in [0.15, 0.2) is 0 Å². The zero-order valence-electron chi connectivity index (χ0n) is 13.3. The quantitative estimate of drug-likeness (QED) is 0.682. The first-order valence-electron chi connectivity index (χ1n) is 7.56. The van der Waals surface area contributed by atoms with Crippen LogP contribution in [0.1, 0.15) is 44.2 Å². The molecule has 3 heteroatoms. The van der Waals surface area contributed by atoms with Gasteiger partial charge in [0.1, 0.15) is 5.75 Å². The van der Waals surface area contributed by atoms with Gasteiger partial charge in [0.25, 0.3) is 0 Å². The van der Waals surface area contributed by atoms with E-state index in [9.17, 15) is 5.11 Å². The van der Waals surface area contributed by atoms with E-state index in [4.69, 9.17) is 4.74 Å². The van der Waals surface area contributed by atoms with Gasteiger partial charge >= 0.3 is 0 Å². The normalized spacial score (nSPS) is 14.1. The van der Waals surface area contributed by atoms with Crippen molar-refractivity contribution in [2.24, 2.45) is 0 Å². The van der Waals surface area contributed by atoms with Gasteiger partial charge in [-0.3, -0.25) is 0 Å². The second-order valence-corrected chi connectivity index (χ2v) is 5.87. The number of aryl methyl sites for hydroxylation is 2. The van der Waals surface area contributed by atoms with Crippen LogP contribution >= 0.6 is 0 Å². The Labute approximate surface area is 123 Å². The smallest absolute Gasteiger partial charge is 0.122 e. The lowest BCUT2D eigenvalue weighted by atomic mass is 9.97. The van der Waals surface area contributed by atoms with Crippen molar-refractivity contribution < 1.29 is 9.84 Å². The molecule has 0 aliphatic heterocycles. The van der Waals surface area contributed by atoms with Gasteiger partial charge in [-0.05, 0) is 63.8 Å². The molecule has 0 radical (unpaired) electrons. The molecule has 2 N–H and O–H groups in total. The summed E-state index contributed by atoms with van der Waals surface area (Å²) in [6.45, 7) is 10.1. The second-order valence-electron chi connectivity index (χ2n) is 5.87. The third kappa shape index (κ3) is 5.51. The first-order chi connectivity index (χ1) is 9.50. The maximum Gasteiger partial charge on any atom is 0.122 e. The van der Waals surface area contributed by atoms with Gasteiger partial charge in [0, 0.05) is 5.54 Å². The van der Waals surface area contributed by atoms with Crippen molar-refractivity contribution in [2.75, 3.05) is 19.8 Å². The maximum atomic E-state index is 9.51. The maximum absolute atomic E-state index is 9.51. The van der Waals surface area contributed by atoms with Gasteiger partial charge in [0.2, 0.25) is 0 Å². The minimum absolute atomic E-state index is 0.163. The number of nitrogens with one attached hydrogen (secondary N) is 1. The summed E-state index contributed by atoms with van der Waals surface area (Å²) in [5.74, 6) is 0.970. The highest BCUT2D eigenvalue weighted by molar-refractivity contribution is 5.35. The molecule has 0 saturated carbocycles. The molecule has 0 aliphatic rings. The lowest BCUT2D eigenvalue weighted by molar-refractivity contribution is 0.156. The van der Waals surface area contributed by atoms with E-state index in [0.717, 1.165) is 31.6 Å². The predicted octanol–water partition coefficient (Wildman–Crippen LogP) is 3.21. The highest BCUT2D eigenvalue weighted by Crippen LogP contribution is 2.20. The summed E-state index contributed by atoms with van der Waals surface area (Å²) in [7, 11) is 0. The van der Waals surface area contributed by atoms with Crippen LogP contribution in [0.2, 0.25) is 0 Å². The van der Waals surface area contributed by atoms with Crippen molar-refractivity contribution >= 4 is 0 Å². The highest BCUT2D eigenvalue weighted by Gasteiger charge is 2.21. The van der Waals surface area contributed by atoms with Crippen LogP contribution in [0.25, 0.3) is 0 Å². The van der Waals surface area contributed by atoms with Crippen LogP contribution in [0.4, 0.5) is 0 Å². The average Bonchev–Trinajstić information content (AvgIpc) is 2.45. The van der Waals surface area contributed by atoms with Gasteiger partial charge in [0.05, 0.1) is 13.2 Å². The third-order valence-corrected chi connectivity index (χ3v) is 3.62. The van der Waals surface area contributed by atoms with Crippen LogP contribution in [0.15, 0.2) is 18.2 Å². The van der Waals surface area contributed by atoms with Gasteiger partial charge in [-0.15, -0.1) is 0 Å². The fourth-order valence-corrected chi connectivity index (χ4v) is 2.16. The van der Waals surface area contributed by atoms with Crippen molar-refractivity contribution in [3.63, 3.8) is 0 Å². The van der Waals surface area contributed by atoms with Gasteiger partial charge in [-0.25, -0.2) is 0 Å². The first kappa shape index (κ1) is 17.0. The summed E-state index contributed by atoms with van der Waals surface area (Å²) in [4.78, 5) is 0. The SMILES string of the molecule is CCCNC(C)(CO)CCCOc1cc(C)ccc1C. The molecule has 0 heterocycles. The number of aliphatic hydroxyl groups is 1. The summed E-state index contributed by atoms with van der Waals surface area (Å²) in [5, 5.41) is 12.9. The van der Waals surface area contributed by atoms with E-state index >= 15 is 0 Å². The minimum Gasteiger partial charge on any atom is -0.493 e. The third-order valence-electron chi connectivity index (χ3n) is 3.62. The topological polar surface area (TPSA) is 41.5 Å². The van der Waals surface area contributed by atoms with Crippen molar-refractivity contribution in [2.45, 2.75) is 52.5 Å². The van der Waals surface area contributed by atoms with E-state index in [-0.39, 0.29) is 12.1 Å². The molecule has 20 heavy (non-hydrogen) atoms. The Bertz CT molecular complexity index is 406. The zero-order valence-corrected chi connectivity index (χ0v) is 13.3. The predicted molar refractivity (Wildman–Crippen MR) is 84.4 cm³/mol. The number of hydrogen-bond acceptors (Lipinski definition) is 3. The van der Waals surface area contributed by atoms with E-state index in [2.05, 4.69) is 51.2 Å². The monoisotopic (exact) mass is 279 g/mol. The Morgan fingerprint density at radius 3 is 2.70 bits per heavy atom. The van der Waals surface area contributed by atoms with Crippen molar-refractivity contribution in [3.8, 4) is 5.75 Å². The molecule has 0 aliphatic carbocycles. The molecule has 114 valence electrons. The first-order valence-corrected chi connectivity index (χ1v) is 7.56. The van der Waals surface area contributed by atoms with Crippen LogP contribution in [0.3, 0.4) is 0 Å². The van der Waals surface area contributed by atoms with Crippen molar-refractivity contribution in [1.29, 1.82) is 0 Å².